The van der Waals surface area contributed by atoms with Crippen LogP contribution in [0, 0.1) is 17.4 Å². The molecule has 0 atom stereocenters. The van der Waals surface area contributed by atoms with Gasteiger partial charge in [-0.2, -0.15) is 0 Å². The third kappa shape index (κ3) is 3.32. The first-order valence-corrected chi connectivity index (χ1v) is 9.52. The largest absolute Gasteiger partial charge is 0.279 e. The quantitative estimate of drug-likeness (QED) is 0.668. The van der Waals surface area contributed by atoms with E-state index in [4.69, 9.17) is 0 Å². The second kappa shape index (κ2) is 5.71. The lowest BCUT2D eigenvalue weighted by molar-refractivity contribution is 0.603. The second-order valence-corrected chi connectivity index (χ2v) is 9.48. The van der Waals surface area contributed by atoms with Crippen molar-refractivity contribution in [1.82, 2.24) is 0 Å². The van der Waals surface area contributed by atoms with Crippen molar-refractivity contribution >= 4 is 65.6 Å². The van der Waals surface area contributed by atoms with Crippen LogP contribution in [0.15, 0.2) is 32.3 Å². The Morgan fingerprint density at radius 3 is 2.58 bits per heavy atom. The highest BCUT2D eigenvalue weighted by molar-refractivity contribution is 14.1. The van der Waals surface area contributed by atoms with Gasteiger partial charge in [-0.3, -0.25) is 4.72 Å². The van der Waals surface area contributed by atoms with Crippen LogP contribution in [0.25, 0.3) is 0 Å². The normalized spacial score (nSPS) is 11.6. The monoisotopic (exact) mass is 471 g/mol. The van der Waals surface area contributed by atoms with Gasteiger partial charge in [-0.1, -0.05) is 6.07 Å². The number of hydrogen-bond acceptors (Lipinski definition) is 3. The second-order valence-electron chi connectivity index (χ2n) is 4.04. The fourth-order valence-corrected chi connectivity index (χ4v) is 5.32. The maximum Gasteiger partial charge on any atom is 0.271 e. The summed E-state index contributed by atoms with van der Waals surface area (Å²) in [6.07, 6.45) is 0. The van der Waals surface area contributed by atoms with Gasteiger partial charge in [-0.15, -0.1) is 11.3 Å². The maximum atomic E-state index is 12.3. The van der Waals surface area contributed by atoms with E-state index in [-0.39, 0.29) is 0 Å². The Bertz CT molecular complexity index is 706. The van der Waals surface area contributed by atoms with E-state index in [1.165, 1.54) is 11.3 Å². The molecule has 1 N–H and O–H groups in total. The minimum absolute atomic E-state index is 0.315. The van der Waals surface area contributed by atoms with E-state index in [9.17, 15) is 8.42 Å². The summed E-state index contributed by atoms with van der Waals surface area (Å²) >= 11 is 6.75. The molecule has 3 nitrogen and oxygen atoms in total. The van der Waals surface area contributed by atoms with Crippen molar-refractivity contribution in [3.63, 3.8) is 0 Å². The zero-order valence-electron chi connectivity index (χ0n) is 10.2. The summed E-state index contributed by atoms with van der Waals surface area (Å²) in [6, 6.07) is 7.21. The van der Waals surface area contributed by atoms with Gasteiger partial charge in [0.05, 0.1) is 9.47 Å². The van der Waals surface area contributed by atoms with Crippen LogP contribution < -0.4 is 4.72 Å². The predicted octanol–water partition coefficient (Wildman–Crippen LogP) is 4.53. The molecule has 0 aliphatic carbocycles. The molecule has 0 aliphatic rings. The van der Waals surface area contributed by atoms with Crippen LogP contribution in [0.2, 0.25) is 0 Å². The number of anilines is 1. The highest BCUT2D eigenvalue weighted by Gasteiger charge is 2.19. The molecule has 0 bridgehead atoms. The van der Waals surface area contributed by atoms with Gasteiger partial charge in [0, 0.05) is 3.57 Å². The number of nitrogens with one attached hydrogen (secondary N) is 1. The van der Waals surface area contributed by atoms with E-state index >= 15 is 0 Å². The summed E-state index contributed by atoms with van der Waals surface area (Å²) in [7, 11) is -3.52. The molecule has 0 amide bonds. The Morgan fingerprint density at radius 2 is 2.00 bits per heavy atom. The third-order valence-corrected chi connectivity index (χ3v) is 7.76. The van der Waals surface area contributed by atoms with Crippen molar-refractivity contribution in [2.24, 2.45) is 0 Å². The van der Waals surface area contributed by atoms with Crippen molar-refractivity contribution in [3.8, 4) is 0 Å². The van der Waals surface area contributed by atoms with Crippen molar-refractivity contribution in [1.29, 1.82) is 0 Å². The number of thiophene rings is 1. The highest BCUT2D eigenvalue weighted by Crippen LogP contribution is 2.32. The van der Waals surface area contributed by atoms with E-state index in [1.54, 1.807) is 12.1 Å². The van der Waals surface area contributed by atoms with E-state index in [0.29, 0.717) is 9.90 Å². The summed E-state index contributed by atoms with van der Waals surface area (Å²) < 4.78 is 29.4. The van der Waals surface area contributed by atoms with Gasteiger partial charge in [0.1, 0.15) is 4.21 Å². The number of halogens is 2. The van der Waals surface area contributed by atoms with Crippen LogP contribution in [0.5, 0.6) is 0 Å². The Balaban J connectivity index is 2.39. The molecule has 7 heteroatoms. The number of hydrogen-bond donors (Lipinski definition) is 1. The average molecular weight is 472 g/mol. The molecule has 0 unspecified atom stereocenters. The standard InChI is InChI=1S/C12H11BrINO2S2/c1-7-6-11(18-12(7)13)19(16,17)15-10-5-3-4-9(14)8(10)2/h3-6,15H,1-2H3. The van der Waals surface area contributed by atoms with Crippen LogP contribution in [0.3, 0.4) is 0 Å². The molecule has 102 valence electrons. The van der Waals surface area contributed by atoms with E-state index < -0.39 is 10.0 Å². The van der Waals surface area contributed by atoms with Gasteiger partial charge in [0.2, 0.25) is 0 Å². The Kier molecular flexibility index (Phi) is 4.59. The van der Waals surface area contributed by atoms with Crippen LogP contribution in [-0.4, -0.2) is 8.42 Å². The summed E-state index contributed by atoms with van der Waals surface area (Å²) in [5, 5.41) is 0. The highest BCUT2D eigenvalue weighted by atomic mass is 127. The summed E-state index contributed by atoms with van der Waals surface area (Å²) in [5.41, 5.74) is 2.47. The number of sulfonamides is 1. The smallest absolute Gasteiger partial charge is 0.271 e. The molecule has 0 aliphatic heterocycles. The lowest BCUT2D eigenvalue weighted by Gasteiger charge is -2.10. The van der Waals surface area contributed by atoms with Gasteiger partial charge >= 0.3 is 0 Å². The van der Waals surface area contributed by atoms with Gasteiger partial charge in [0.15, 0.2) is 0 Å². The average Bonchev–Trinajstić information content (AvgIpc) is 2.66. The predicted molar refractivity (Wildman–Crippen MR) is 91.5 cm³/mol. The molecule has 1 aromatic heterocycles. The van der Waals surface area contributed by atoms with E-state index in [0.717, 1.165) is 18.5 Å². The third-order valence-electron chi connectivity index (χ3n) is 2.61. The van der Waals surface area contributed by atoms with E-state index in [2.05, 4.69) is 43.2 Å². The van der Waals surface area contributed by atoms with E-state index in [1.807, 2.05) is 26.0 Å². The lowest BCUT2D eigenvalue weighted by Crippen LogP contribution is -2.12. The number of benzene rings is 1. The first-order chi connectivity index (χ1) is 8.81. The van der Waals surface area contributed by atoms with Gasteiger partial charge in [-0.25, -0.2) is 8.42 Å². The first kappa shape index (κ1) is 15.3. The Labute approximate surface area is 138 Å². The molecular weight excluding hydrogens is 461 g/mol. The topological polar surface area (TPSA) is 46.2 Å². The fraction of sp³-hybridized carbons (Fsp3) is 0.167. The molecular formula is C12H11BrINO2S2. The zero-order chi connectivity index (χ0) is 14.2. The Hall–Kier alpha value is -0.120. The zero-order valence-corrected chi connectivity index (χ0v) is 15.6. The summed E-state index contributed by atoms with van der Waals surface area (Å²) in [5.74, 6) is 0. The van der Waals surface area contributed by atoms with Crippen LogP contribution in [0.1, 0.15) is 11.1 Å². The van der Waals surface area contributed by atoms with Crippen LogP contribution in [0.4, 0.5) is 5.69 Å². The van der Waals surface area contributed by atoms with Crippen molar-refractivity contribution in [2.75, 3.05) is 4.72 Å². The number of rotatable bonds is 3. The molecule has 2 aromatic rings. The van der Waals surface area contributed by atoms with Gasteiger partial charge in [-0.05, 0) is 81.7 Å². The van der Waals surface area contributed by atoms with Gasteiger partial charge in [0.25, 0.3) is 10.0 Å². The molecule has 0 fully saturated rings. The molecule has 0 spiro atoms. The van der Waals surface area contributed by atoms with Crippen molar-refractivity contribution in [2.45, 2.75) is 18.1 Å². The fourth-order valence-electron chi connectivity index (χ4n) is 1.48. The molecule has 19 heavy (non-hydrogen) atoms. The Morgan fingerprint density at radius 1 is 1.32 bits per heavy atom. The lowest BCUT2D eigenvalue weighted by atomic mass is 10.2. The maximum absolute atomic E-state index is 12.3. The first-order valence-electron chi connectivity index (χ1n) is 5.35. The SMILES string of the molecule is Cc1cc(S(=O)(=O)Nc2cccc(I)c2C)sc1Br. The van der Waals surface area contributed by atoms with Crippen molar-refractivity contribution < 1.29 is 8.42 Å². The minimum Gasteiger partial charge on any atom is -0.279 e. The molecule has 2 rings (SSSR count). The minimum atomic E-state index is -3.52. The summed E-state index contributed by atoms with van der Waals surface area (Å²) in [4.78, 5) is 0. The molecule has 0 saturated carbocycles. The molecule has 0 radical (unpaired) electrons. The molecule has 1 heterocycles. The van der Waals surface area contributed by atoms with Crippen LogP contribution in [-0.2, 0) is 10.0 Å². The summed E-state index contributed by atoms with van der Waals surface area (Å²) in [6.45, 7) is 3.77. The van der Waals surface area contributed by atoms with Crippen molar-refractivity contribution in [3.05, 3.63) is 42.7 Å². The van der Waals surface area contributed by atoms with Gasteiger partial charge < -0.3 is 0 Å². The molecule has 0 saturated heterocycles. The number of aryl methyl sites for hydroxylation is 1. The van der Waals surface area contributed by atoms with Crippen LogP contribution >= 0.6 is 49.9 Å². The molecule has 1 aromatic carbocycles.